The molecule has 28 heavy (non-hydrogen) atoms. The molecular weight excluding hydrogens is 346 g/mol. The van der Waals surface area contributed by atoms with Crippen molar-refractivity contribution < 1.29 is 4.74 Å². The van der Waals surface area contributed by atoms with E-state index in [-0.39, 0.29) is 0 Å². The first-order valence-electron chi connectivity index (χ1n) is 9.09. The van der Waals surface area contributed by atoms with Gasteiger partial charge in [-0.25, -0.2) is 4.68 Å². The van der Waals surface area contributed by atoms with Crippen molar-refractivity contribution in [2.45, 2.75) is 0 Å². The molecule has 4 heteroatoms. The van der Waals surface area contributed by atoms with Crippen molar-refractivity contribution in [3.63, 3.8) is 0 Å². The molecule has 0 aliphatic rings. The molecule has 0 unspecified atom stereocenters. The summed E-state index contributed by atoms with van der Waals surface area (Å²) in [7, 11) is 0. The van der Waals surface area contributed by atoms with Gasteiger partial charge in [0.2, 0.25) is 0 Å². The molecule has 0 spiro atoms. The second kappa shape index (κ2) is 7.00. The lowest BCUT2D eigenvalue weighted by molar-refractivity contribution is 0.482. The zero-order chi connectivity index (χ0) is 18.8. The third-order valence-corrected chi connectivity index (χ3v) is 4.57. The van der Waals surface area contributed by atoms with Crippen LogP contribution in [0.4, 0.5) is 0 Å². The van der Waals surface area contributed by atoms with Crippen LogP contribution in [0, 0.1) is 0 Å². The lowest BCUT2D eigenvalue weighted by Gasteiger charge is -2.10. The Morgan fingerprint density at radius 2 is 1.54 bits per heavy atom. The maximum atomic E-state index is 6.12. The van der Waals surface area contributed by atoms with Crippen LogP contribution in [0.1, 0.15) is 0 Å². The minimum Gasteiger partial charge on any atom is -0.457 e. The van der Waals surface area contributed by atoms with Gasteiger partial charge in [-0.1, -0.05) is 42.5 Å². The molecule has 4 nitrogen and oxygen atoms in total. The van der Waals surface area contributed by atoms with Gasteiger partial charge in [-0.3, -0.25) is 4.98 Å². The van der Waals surface area contributed by atoms with Gasteiger partial charge in [-0.05, 0) is 42.5 Å². The Balaban J connectivity index is 1.46. The molecule has 134 valence electrons. The van der Waals surface area contributed by atoms with Crippen molar-refractivity contribution in [3.05, 3.63) is 103 Å². The number of ether oxygens (including phenoxy) is 1. The van der Waals surface area contributed by atoms with E-state index < -0.39 is 0 Å². The Morgan fingerprint density at radius 3 is 2.43 bits per heavy atom. The number of aromatic nitrogens is 3. The molecule has 0 bridgehead atoms. The van der Waals surface area contributed by atoms with Crippen LogP contribution in [0.25, 0.3) is 27.8 Å². The summed E-state index contributed by atoms with van der Waals surface area (Å²) in [5, 5.41) is 5.63. The summed E-state index contributed by atoms with van der Waals surface area (Å²) in [6.45, 7) is 0. The van der Waals surface area contributed by atoms with E-state index >= 15 is 0 Å². The Bertz CT molecular complexity index is 1240. The average molecular weight is 363 g/mol. The monoisotopic (exact) mass is 363 g/mol. The highest BCUT2D eigenvalue weighted by Gasteiger charge is 2.07. The van der Waals surface area contributed by atoms with E-state index in [1.807, 2.05) is 89.7 Å². The van der Waals surface area contributed by atoms with E-state index in [0.717, 1.165) is 39.3 Å². The number of para-hydroxylation sites is 1. The van der Waals surface area contributed by atoms with E-state index in [2.05, 4.69) is 22.2 Å². The van der Waals surface area contributed by atoms with Crippen molar-refractivity contribution in [2.24, 2.45) is 0 Å². The second-order valence-electron chi connectivity index (χ2n) is 6.46. The fraction of sp³-hybridized carbons (Fsp3) is 0. The predicted octanol–water partition coefficient (Wildman–Crippen LogP) is 5.88. The minimum atomic E-state index is 0.759. The summed E-state index contributed by atoms with van der Waals surface area (Å²) in [5.74, 6) is 1.53. The molecule has 0 radical (unpaired) electrons. The molecular formula is C24H17N3O. The molecule has 0 aliphatic carbocycles. The highest BCUT2D eigenvalue weighted by Crippen LogP contribution is 2.28. The first kappa shape index (κ1) is 16.3. The summed E-state index contributed by atoms with van der Waals surface area (Å²) in [5.41, 5.74) is 3.97. The van der Waals surface area contributed by atoms with Gasteiger partial charge in [0.05, 0.1) is 23.1 Å². The fourth-order valence-corrected chi connectivity index (χ4v) is 3.24. The standard InChI is InChI=1S/C24H17N3O/c1-2-13-24-19(7-1)17-26-27(24)20-9-6-11-22(16-20)28-21-10-5-8-18(15-21)23-12-3-4-14-25-23/h1-17H. The number of fused-ring (bicyclic) bond motifs is 1. The van der Waals surface area contributed by atoms with Gasteiger partial charge in [0, 0.05) is 23.2 Å². The maximum Gasteiger partial charge on any atom is 0.129 e. The van der Waals surface area contributed by atoms with E-state index in [1.54, 1.807) is 6.20 Å². The lowest BCUT2D eigenvalue weighted by atomic mass is 10.1. The molecule has 0 N–H and O–H groups in total. The van der Waals surface area contributed by atoms with Crippen molar-refractivity contribution in [1.82, 2.24) is 14.8 Å². The number of hydrogen-bond acceptors (Lipinski definition) is 3. The minimum absolute atomic E-state index is 0.759. The van der Waals surface area contributed by atoms with Gasteiger partial charge in [-0.15, -0.1) is 0 Å². The molecule has 2 aromatic heterocycles. The Morgan fingerprint density at radius 1 is 0.714 bits per heavy atom. The molecule has 0 saturated heterocycles. The third kappa shape index (κ3) is 3.12. The van der Waals surface area contributed by atoms with Crippen molar-refractivity contribution in [1.29, 1.82) is 0 Å². The van der Waals surface area contributed by atoms with Crippen LogP contribution in [0.5, 0.6) is 11.5 Å². The number of pyridine rings is 1. The summed E-state index contributed by atoms with van der Waals surface area (Å²) >= 11 is 0. The molecule has 2 heterocycles. The summed E-state index contributed by atoms with van der Waals surface area (Å²) in [6.07, 6.45) is 3.67. The molecule has 0 atom stereocenters. The third-order valence-electron chi connectivity index (χ3n) is 4.57. The van der Waals surface area contributed by atoms with Crippen LogP contribution in [0.2, 0.25) is 0 Å². The van der Waals surface area contributed by atoms with Crippen LogP contribution in [-0.4, -0.2) is 14.8 Å². The van der Waals surface area contributed by atoms with Crippen LogP contribution < -0.4 is 4.74 Å². The number of hydrogen-bond donors (Lipinski definition) is 0. The van der Waals surface area contributed by atoms with E-state index in [4.69, 9.17) is 4.74 Å². The topological polar surface area (TPSA) is 39.9 Å². The normalized spacial score (nSPS) is 10.9. The van der Waals surface area contributed by atoms with Gasteiger partial charge < -0.3 is 4.74 Å². The molecule has 5 rings (SSSR count). The first-order valence-corrected chi connectivity index (χ1v) is 9.09. The highest BCUT2D eigenvalue weighted by atomic mass is 16.5. The van der Waals surface area contributed by atoms with Gasteiger partial charge >= 0.3 is 0 Å². The molecule has 3 aromatic carbocycles. The van der Waals surface area contributed by atoms with Crippen molar-refractivity contribution >= 4 is 10.9 Å². The van der Waals surface area contributed by atoms with Crippen LogP contribution in [0.3, 0.4) is 0 Å². The first-order chi connectivity index (χ1) is 13.9. The number of benzene rings is 3. The van der Waals surface area contributed by atoms with E-state index in [9.17, 15) is 0 Å². The number of nitrogens with zero attached hydrogens (tertiary/aromatic N) is 3. The largest absolute Gasteiger partial charge is 0.457 e. The van der Waals surface area contributed by atoms with Gasteiger partial charge in [-0.2, -0.15) is 5.10 Å². The zero-order valence-corrected chi connectivity index (χ0v) is 15.1. The Hall–Kier alpha value is -3.92. The van der Waals surface area contributed by atoms with E-state index in [1.165, 1.54) is 0 Å². The SMILES string of the molecule is c1ccc(-c2cccc(Oc3cccc(-n4ncc5ccccc54)c3)c2)nc1. The maximum absolute atomic E-state index is 6.12. The molecule has 0 fully saturated rings. The molecule has 0 saturated carbocycles. The molecule has 0 aliphatic heterocycles. The summed E-state index contributed by atoms with van der Waals surface area (Å²) < 4.78 is 8.05. The van der Waals surface area contributed by atoms with Gasteiger partial charge in [0.15, 0.2) is 0 Å². The van der Waals surface area contributed by atoms with Gasteiger partial charge in [0.1, 0.15) is 11.5 Å². The van der Waals surface area contributed by atoms with Crippen molar-refractivity contribution in [3.8, 4) is 28.4 Å². The zero-order valence-electron chi connectivity index (χ0n) is 15.1. The smallest absolute Gasteiger partial charge is 0.129 e. The molecule has 0 amide bonds. The van der Waals surface area contributed by atoms with E-state index in [0.29, 0.717) is 0 Å². The van der Waals surface area contributed by atoms with Crippen molar-refractivity contribution in [2.75, 3.05) is 0 Å². The quantitative estimate of drug-likeness (QED) is 0.400. The summed E-state index contributed by atoms with van der Waals surface area (Å²) in [4.78, 5) is 4.41. The van der Waals surface area contributed by atoms with Crippen LogP contribution in [-0.2, 0) is 0 Å². The summed E-state index contributed by atoms with van der Waals surface area (Å²) in [6, 6.07) is 29.9. The second-order valence-corrected chi connectivity index (χ2v) is 6.46. The molecule has 5 aromatic rings. The highest BCUT2D eigenvalue weighted by molar-refractivity contribution is 5.80. The van der Waals surface area contributed by atoms with Crippen LogP contribution in [0.15, 0.2) is 103 Å². The average Bonchev–Trinajstić information content (AvgIpc) is 3.19. The fourth-order valence-electron chi connectivity index (χ4n) is 3.24. The predicted molar refractivity (Wildman–Crippen MR) is 111 cm³/mol. The lowest BCUT2D eigenvalue weighted by Crippen LogP contribution is -1.96. The van der Waals surface area contributed by atoms with Gasteiger partial charge in [0.25, 0.3) is 0 Å². The van der Waals surface area contributed by atoms with Crippen LogP contribution >= 0.6 is 0 Å². The number of rotatable bonds is 4. The Kier molecular flexibility index (Phi) is 4.07. The Labute approximate surface area is 162 Å².